The summed E-state index contributed by atoms with van der Waals surface area (Å²) in [6.45, 7) is 11.6. The molecule has 2 aliphatic carbocycles. The number of hydrogen-bond acceptors (Lipinski definition) is 6. The normalized spacial score (nSPS) is 23.8. The number of aliphatic hydroxyl groups is 1. The molecule has 3 aliphatic rings. The molecule has 1 aliphatic heterocycles. The number of carbonyl (C=O) groups excluding carboxylic acids is 1. The Morgan fingerprint density at radius 1 is 1.20 bits per heavy atom. The molecule has 268 valence electrons. The van der Waals surface area contributed by atoms with Gasteiger partial charge in [-0.05, 0) is 118 Å². The highest BCUT2D eigenvalue weighted by Crippen LogP contribution is 2.46. The maximum atomic E-state index is 13.7. The second-order valence-electron chi connectivity index (χ2n) is 14.6. The van der Waals surface area contributed by atoms with Crippen LogP contribution in [0.25, 0.3) is 0 Å². The molecule has 49 heavy (non-hydrogen) atoms. The standard InChI is InChI=1S/C40H55ClN2O5S/c1-5-8-10-15-37(44)34-19-16-32(34)25-43-26-40(22-11-14-30-23-33(41)18-20-35(30)40)27-48-38-21-17-31(24-36(38)43)39(45)42-49(46,47)28(4)29(12-7-3)13-9-6-2/h7,10,15,17-18,20-21,23-24,28-29,32,34,37,44H,3,5-6,8-9,11-14,16,19,22,25-27H2,1-2,4H3,(H,42,45)/b15-10+/t28-,29?,32?,34?,37?,40-/m0/s1. The number of halogens is 1. The van der Waals surface area contributed by atoms with E-state index in [1.165, 1.54) is 11.1 Å². The Morgan fingerprint density at radius 2 is 2.02 bits per heavy atom. The van der Waals surface area contributed by atoms with Gasteiger partial charge in [0.2, 0.25) is 10.0 Å². The van der Waals surface area contributed by atoms with Gasteiger partial charge in [0.25, 0.3) is 5.91 Å². The van der Waals surface area contributed by atoms with Crippen LogP contribution in [0.4, 0.5) is 5.69 Å². The Labute approximate surface area is 299 Å². The zero-order valence-electron chi connectivity index (χ0n) is 29.5. The van der Waals surface area contributed by atoms with Crippen LogP contribution in [0.5, 0.6) is 5.75 Å². The van der Waals surface area contributed by atoms with Crippen LogP contribution in [-0.2, 0) is 21.9 Å². The minimum absolute atomic E-state index is 0.120. The van der Waals surface area contributed by atoms with E-state index in [4.69, 9.17) is 16.3 Å². The van der Waals surface area contributed by atoms with Crippen molar-refractivity contribution < 1.29 is 23.1 Å². The first-order chi connectivity index (χ1) is 23.5. The lowest BCUT2D eigenvalue weighted by Crippen LogP contribution is -2.49. The van der Waals surface area contributed by atoms with Crippen molar-refractivity contribution in [2.24, 2.45) is 17.8 Å². The fourth-order valence-corrected chi connectivity index (χ4v) is 9.62. The topological polar surface area (TPSA) is 95.9 Å². The van der Waals surface area contributed by atoms with Crippen LogP contribution in [0.2, 0.25) is 5.02 Å². The Balaban J connectivity index is 1.45. The van der Waals surface area contributed by atoms with Crippen molar-refractivity contribution >= 4 is 33.2 Å². The van der Waals surface area contributed by atoms with Crippen molar-refractivity contribution in [3.63, 3.8) is 0 Å². The molecule has 0 saturated heterocycles. The van der Waals surface area contributed by atoms with Crippen LogP contribution in [0, 0.1) is 17.8 Å². The first-order valence-corrected chi connectivity index (χ1v) is 20.3. The van der Waals surface area contributed by atoms with E-state index in [1.54, 1.807) is 31.2 Å². The van der Waals surface area contributed by atoms with Crippen LogP contribution in [0.1, 0.15) is 106 Å². The molecule has 7 nitrogen and oxygen atoms in total. The molecule has 2 N–H and O–H groups in total. The smallest absolute Gasteiger partial charge is 0.264 e. The van der Waals surface area contributed by atoms with Crippen LogP contribution < -0.4 is 14.4 Å². The molecule has 1 fully saturated rings. The highest BCUT2D eigenvalue weighted by Gasteiger charge is 2.44. The third-order valence-electron chi connectivity index (χ3n) is 11.2. The molecule has 0 radical (unpaired) electrons. The lowest BCUT2D eigenvalue weighted by molar-refractivity contribution is 0.0456. The fourth-order valence-electron chi connectivity index (χ4n) is 8.11. The number of ether oxygens (including phenoxy) is 1. The summed E-state index contributed by atoms with van der Waals surface area (Å²) >= 11 is 6.44. The van der Waals surface area contributed by atoms with Crippen LogP contribution in [-0.4, -0.2) is 50.5 Å². The molecule has 6 atom stereocenters. The molecule has 2 aromatic rings. The van der Waals surface area contributed by atoms with Gasteiger partial charge in [0.1, 0.15) is 5.75 Å². The number of anilines is 1. The summed E-state index contributed by atoms with van der Waals surface area (Å²) in [6, 6.07) is 11.4. The second-order valence-corrected chi connectivity index (χ2v) is 17.1. The summed E-state index contributed by atoms with van der Waals surface area (Å²) in [5.41, 5.74) is 3.28. The maximum Gasteiger partial charge on any atom is 0.264 e. The lowest BCUT2D eigenvalue weighted by atomic mass is 9.68. The van der Waals surface area contributed by atoms with Gasteiger partial charge in [-0.3, -0.25) is 4.79 Å². The molecule has 4 unspecified atom stereocenters. The van der Waals surface area contributed by atoms with E-state index >= 15 is 0 Å². The van der Waals surface area contributed by atoms with Crippen LogP contribution in [0.3, 0.4) is 0 Å². The third kappa shape index (κ3) is 8.57. The molecule has 1 heterocycles. The summed E-state index contributed by atoms with van der Waals surface area (Å²) in [5.74, 6) is 0.336. The number of aliphatic hydroxyl groups excluding tert-OH is 1. The first-order valence-electron chi connectivity index (χ1n) is 18.3. The Morgan fingerprint density at radius 3 is 2.73 bits per heavy atom. The average Bonchev–Trinajstić information content (AvgIpc) is 3.21. The van der Waals surface area contributed by atoms with E-state index in [1.807, 2.05) is 12.1 Å². The minimum Gasteiger partial charge on any atom is -0.490 e. The number of rotatable bonds is 15. The number of fused-ring (bicyclic) bond motifs is 3. The first kappa shape index (κ1) is 37.4. The quantitative estimate of drug-likeness (QED) is 0.180. The Bertz CT molecular complexity index is 1610. The summed E-state index contributed by atoms with van der Waals surface area (Å²) in [6.07, 6.45) is 15.4. The number of nitrogens with zero attached hydrogens (tertiary/aromatic N) is 1. The van der Waals surface area contributed by atoms with Crippen LogP contribution in [0.15, 0.2) is 61.2 Å². The largest absolute Gasteiger partial charge is 0.490 e. The van der Waals surface area contributed by atoms with E-state index in [2.05, 4.69) is 48.3 Å². The van der Waals surface area contributed by atoms with Crippen LogP contribution >= 0.6 is 11.6 Å². The number of nitrogens with one attached hydrogen (secondary N) is 1. The van der Waals surface area contributed by atoms with E-state index < -0.39 is 27.3 Å². The maximum absolute atomic E-state index is 13.7. The number of amides is 1. The minimum atomic E-state index is -3.94. The highest BCUT2D eigenvalue weighted by atomic mass is 35.5. The lowest BCUT2D eigenvalue weighted by Gasteiger charge is -2.45. The van der Waals surface area contributed by atoms with E-state index in [9.17, 15) is 18.3 Å². The van der Waals surface area contributed by atoms with Gasteiger partial charge in [-0.15, -0.1) is 6.58 Å². The van der Waals surface area contributed by atoms with E-state index in [0.717, 1.165) is 74.9 Å². The van der Waals surface area contributed by atoms with Gasteiger partial charge in [0, 0.05) is 29.1 Å². The number of hydrogen-bond donors (Lipinski definition) is 2. The van der Waals surface area contributed by atoms with Gasteiger partial charge in [0.05, 0.1) is 23.6 Å². The summed E-state index contributed by atoms with van der Waals surface area (Å²) < 4.78 is 36.0. The Hall–Kier alpha value is -2.81. The number of benzene rings is 2. The molecule has 5 rings (SSSR count). The summed E-state index contributed by atoms with van der Waals surface area (Å²) in [7, 11) is -3.94. The number of aryl methyl sites for hydroxylation is 1. The number of sulfonamides is 1. The fraction of sp³-hybridized carbons (Fsp3) is 0.575. The SMILES string of the molecule is C=CCC(CCCC)[C@H](C)S(=O)(=O)NC(=O)c1ccc2c(c1)N(CC1CCC1C(O)/C=C/CCC)C[C@@]1(CCCc3cc(Cl)ccc31)CO2. The van der Waals surface area contributed by atoms with Crippen molar-refractivity contribution in [2.75, 3.05) is 24.6 Å². The monoisotopic (exact) mass is 710 g/mol. The number of allylic oxidation sites excluding steroid dienone is 2. The molecule has 9 heteroatoms. The third-order valence-corrected chi connectivity index (χ3v) is 13.3. The highest BCUT2D eigenvalue weighted by molar-refractivity contribution is 7.90. The van der Waals surface area contributed by atoms with Gasteiger partial charge in [0.15, 0.2) is 0 Å². The van der Waals surface area contributed by atoms with Crippen molar-refractivity contribution in [1.29, 1.82) is 0 Å². The molecule has 1 amide bonds. The van der Waals surface area contributed by atoms with E-state index in [0.29, 0.717) is 31.9 Å². The van der Waals surface area contributed by atoms with Crippen molar-refractivity contribution in [2.45, 2.75) is 108 Å². The van der Waals surface area contributed by atoms with Gasteiger partial charge in [-0.2, -0.15) is 0 Å². The zero-order valence-corrected chi connectivity index (χ0v) is 31.1. The van der Waals surface area contributed by atoms with Gasteiger partial charge >= 0.3 is 0 Å². The van der Waals surface area contributed by atoms with Gasteiger partial charge in [-0.1, -0.05) is 69.0 Å². The summed E-state index contributed by atoms with van der Waals surface area (Å²) in [5, 5.41) is 11.1. The average molecular weight is 711 g/mol. The zero-order chi connectivity index (χ0) is 35.2. The predicted molar refractivity (Wildman–Crippen MR) is 200 cm³/mol. The van der Waals surface area contributed by atoms with Crippen molar-refractivity contribution in [3.05, 3.63) is 82.9 Å². The number of carbonyl (C=O) groups is 1. The molecule has 2 aromatic carbocycles. The van der Waals surface area contributed by atoms with Crippen molar-refractivity contribution in [3.8, 4) is 5.75 Å². The summed E-state index contributed by atoms with van der Waals surface area (Å²) in [4.78, 5) is 16.0. The number of unbranched alkanes of at least 4 members (excludes halogenated alkanes) is 2. The Kier molecular flexibility index (Phi) is 12.6. The second kappa shape index (κ2) is 16.5. The molecule has 1 spiro atoms. The molecular weight excluding hydrogens is 656 g/mol. The molecular formula is C40H55ClN2O5S. The van der Waals surface area contributed by atoms with Gasteiger partial charge in [-0.25, -0.2) is 13.1 Å². The molecule has 1 saturated carbocycles. The predicted octanol–water partition coefficient (Wildman–Crippen LogP) is 8.39. The molecule has 0 bridgehead atoms. The molecule has 0 aromatic heterocycles. The van der Waals surface area contributed by atoms with E-state index in [-0.39, 0.29) is 28.7 Å². The van der Waals surface area contributed by atoms with Crippen molar-refractivity contribution in [1.82, 2.24) is 4.72 Å². The van der Waals surface area contributed by atoms with Gasteiger partial charge < -0.3 is 14.7 Å².